The lowest BCUT2D eigenvalue weighted by molar-refractivity contribution is -0.697. The molecule has 0 aromatic carbocycles. The fourth-order valence-electron chi connectivity index (χ4n) is 3.92. The summed E-state index contributed by atoms with van der Waals surface area (Å²) >= 11 is 0. The van der Waals surface area contributed by atoms with Gasteiger partial charge >= 0.3 is 11.9 Å². The summed E-state index contributed by atoms with van der Waals surface area (Å²) in [4.78, 5) is 30.5. The van der Waals surface area contributed by atoms with E-state index in [9.17, 15) is 9.59 Å². The Balaban J connectivity index is 1.47. The van der Waals surface area contributed by atoms with Gasteiger partial charge in [0.2, 0.25) is 0 Å². The third-order valence-electron chi connectivity index (χ3n) is 5.85. The maximum absolute atomic E-state index is 10.7. The third kappa shape index (κ3) is 6.79. The zero-order valence-electron chi connectivity index (χ0n) is 19.8. The van der Waals surface area contributed by atoms with Crippen LogP contribution >= 0.6 is 0 Å². The van der Waals surface area contributed by atoms with E-state index in [2.05, 4.69) is 9.97 Å². The minimum Gasteiger partial charge on any atom is -0.481 e. The largest absolute Gasteiger partial charge is 0.481 e. The first kappa shape index (κ1) is 24.7. The zero-order valence-corrected chi connectivity index (χ0v) is 19.8. The van der Waals surface area contributed by atoms with Crippen LogP contribution in [0.3, 0.4) is 0 Å². The van der Waals surface area contributed by atoms with Gasteiger partial charge in [0, 0.05) is 49.5 Å². The second-order valence-electron chi connectivity index (χ2n) is 8.50. The van der Waals surface area contributed by atoms with Crippen LogP contribution in [0.15, 0.2) is 85.7 Å². The first-order chi connectivity index (χ1) is 17.5. The molecule has 2 N–H and O–H groups in total. The van der Waals surface area contributed by atoms with Gasteiger partial charge in [-0.3, -0.25) is 19.6 Å². The van der Waals surface area contributed by atoms with E-state index in [0.29, 0.717) is 25.9 Å². The van der Waals surface area contributed by atoms with Crippen molar-refractivity contribution in [1.29, 1.82) is 0 Å². The summed E-state index contributed by atoms with van der Waals surface area (Å²) in [6.45, 7) is 1.32. The van der Waals surface area contributed by atoms with Crippen LogP contribution in [0.5, 0.6) is 0 Å². The minimum atomic E-state index is -0.780. The summed E-state index contributed by atoms with van der Waals surface area (Å²) < 4.78 is 3.96. The Bertz CT molecular complexity index is 1230. The quantitative estimate of drug-likeness (QED) is 0.314. The molecule has 36 heavy (non-hydrogen) atoms. The summed E-state index contributed by atoms with van der Waals surface area (Å²) in [5.41, 5.74) is 5.66. The van der Waals surface area contributed by atoms with E-state index in [4.69, 9.17) is 10.2 Å². The molecule has 0 aliphatic carbocycles. The van der Waals surface area contributed by atoms with Crippen LogP contribution in [0.1, 0.15) is 25.7 Å². The van der Waals surface area contributed by atoms with E-state index >= 15 is 0 Å². The predicted octanol–water partition coefficient (Wildman–Crippen LogP) is 3.78. The van der Waals surface area contributed by atoms with Gasteiger partial charge in [-0.2, -0.15) is 0 Å². The number of aryl methyl sites for hydroxylation is 2. The lowest BCUT2D eigenvalue weighted by Gasteiger charge is -2.07. The van der Waals surface area contributed by atoms with E-state index in [1.807, 2.05) is 82.5 Å². The third-order valence-corrected chi connectivity index (χ3v) is 5.85. The molecule has 0 spiro atoms. The molecule has 0 saturated heterocycles. The van der Waals surface area contributed by atoms with Gasteiger partial charge in [-0.05, 0) is 46.5 Å². The van der Waals surface area contributed by atoms with Gasteiger partial charge in [0.15, 0.2) is 24.8 Å². The van der Waals surface area contributed by atoms with Crippen molar-refractivity contribution in [3.63, 3.8) is 0 Å². The fraction of sp³-hybridized carbons (Fsp3) is 0.214. The van der Waals surface area contributed by atoms with Crippen molar-refractivity contribution in [1.82, 2.24) is 9.97 Å². The molecule has 0 atom stereocenters. The number of aliphatic carboxylic acids is 2. The van der Waals surface area contributed by atoms with Gasteiger partial charge in [0.05, 0.1) is 24.2 Å². The Morgan fingerprint density at radius 1 is 0.611 bits per heavy atom. The number of nitrogens with zero attached hydrogens (tertiary/aromatic N) is 4. The van der Waals surface area contributed by atoms with Crippen LogP contribution in [0.25, 0.3) is 33.6 Å². The molecule has 8 nitrogen and oxygen atoms in total. The molecule has 4 rings (SSSR count). The second kappa shape index (κ2) is 11.8. The Morgan fingerprint density at radius 2 is 1.00 bits per heavy atom. The minimum absolute atomic E-state index is 0.157. The highest BCUT2D eigenvalue weighted by Gasteiger charge is 2.10. The number of hydrogen-bond acceptors (Lipinski definition) is 4. The highest BCUT2D eigenvalue weighted by atomic mass is 16.4. The number of hydrogen-bond donors (Lipinski definition) is 2. The van der Waals surface area contributed by atoms with E-state index in [-0.39, 0.29) is 12.8 Å². The van der Waals surface area contributed by atoms with Gasteiger partial charge in [-0.15, -0.1) is 0 Å². The first-order valence-electron chi connectivity index (χ1n) is 11.8. The van der Waals surface area contributed by atoms with Crippen molar-refractivity contribution < 1.29 is 28.9 Å². The molecule has 4 heterocycles. The Hall–Kier alpha value is -4.46. The molecule has 0 bridgehead atoms. The Kier molecular flexibility index (Phi) is 8.08. The average molecular weight is 485 g/mol. The van der Waals surface area contributed by atoms with Crippen molar-refractivity contribution in [2.45, 2.75) is 38.8 Å². The van der Waals surface area contributed by atoms with Gasteiger partial charge in [0.25, 0.3) is 0 Å². The summed E-state index contributed by atoms with van der Waals surface area (Å²) in [7, 11) is 0. The SMILES string of the molecule is O=C(O)CCC[n+]1ccc(-c2ccnc(-c3cc(-c4cc[n+](CCCC(=O)O)cc4)ccn3)c2)cc1. The second-order valence-corrected chi connectivity index (χ2v) is 8.50. The summed E-state index contributed by atoms with van der Waals surface area (Å²) in [6, 6.07) is 16.0. The number of aromatic nitrogens is 4. The van der Waals surface area contributed by atoms with E-state index in [1.165, 1.54) is 0 Å². The van der Waals surface area contributed by atoms with Crippen LogP contribution in [-0.4, -0.2) is 32.1 Å². The highest BCUT2D eigenvalue weighted by Crippen LogP contribution is 2.26. The molecular weight excluding hydrogens is 456 g/mol. The van der Waals surface area contributed by atoms with Gasteiger partial charge in [0.1, 0.15) is 13.1 Å². The van der Waals surface area contributed by atoms with Crippen molar-refractivity contribution in [3.8, 4) is 33.6 Å². The number of pyridine rings is 4. The van der Waals surface area contributed by atoms with Crippen molar-refractivity contribution in [3.05, 3.63) is 85.7 Å². The lowest BCUT2D eigenvalue weighted by Crippen LogP contribution is -2.32. The molecule has 0 aliphatic rings. The summed E-state index contributed by atoms with van der Waals surface area (Å²) in [5.74, 6) is -1.56. The number of carboxylic acid groups (broad SMARTS) is 2. The summed E-state index contributed by atoms with van der Waals surface area (Å²) in [5, 5.41) is 17.6. The maximum Gasteiger partial charge on any atom is 0.303 e. The van der Waals surface area contributed by atoms with Crippen molar-refractivity contribution in [2.75, 3.05) is 0 Å². The van der Waals surface area contributed by atoms with Crippen LogP contribution in [0.2, 0.25) is 0 Å². The van der Waals surface area contributed by atoms with Crippen LogP contribution < -0.4 is 9.13 Å². The Morgan fingerprint density at radius 3 is 1.36 bits per heavy atom. The van der Waals surface area contributed by atoms with E-state index < -0.39 is 11.9 Å². The maximum atomic E-state index is 10.7. The smallest absolute Gasteiger partial charge is 0.303 e. The molecule has 4 aromatic rings. The fourth-order valence-corrected chi connectivity index (χ4v) is 3.92. The normalized spacial score (nSPS) is 10.8. The molecule has 0 amide bonds. The highest BCUT2D eigenvalue weighted by molar-refractivity contribution is 5.72. The first-order valence-corrected chi connectivity index (χ1v) is 11.8. The molecule has 0 saturated carbocycles. The number of carbonyl (C=O) groups is 2. The topological polar surface area (TPSA) is 108 Å². The van der Waals surface area contributed by atoms with Gasteiger partial charge in [-0.1, -0.05) is 0 Å². The van der Waals surface area contributed by atoms with E-state index in [0.717, 1.165) is 33.6 Å². The molecule has 0 radical (unpaired) electrons. The lowest BCUT2D eigenvalue weighted by atomic mass is 10.0. The van der Waals surface area contributed by atoms with Gasteiger partial charge < -0.3 is 10.2 Å². The average Bonchev–Trinajstić information content (AvgIpc) is 2.89. The number of rotatable bonds is 11. The van der Waals surface area contributed by atoms with E-state index in [1.54, 1.807) is 12.4 Å². The molecule has 0 fully saturated rings. The molecule has 0 aliphatic heterocycles. The zero-order chi connectivity index (χ0) is 25.3. The standard InChI is InChI=1S/C28H26N4O4/c33-27(34)3-1-13-31-15-7-21(8-16-31)23-5-11-29-25(19-23)26-20-24(6-12-30-26)22-9-17-32(18-10-22)14-2-4-28(35)36/h5-12,15-20H,1-4,13-14H2/p+2. The Labute approximate surface area is 209 Å². The van der Waals surface area contributed by atoms with Crippen molar-refractivity contribution in [2.24, 2.45) is 0 Å². The van der Waals surface area contributed by atoms with Crippen molar-refractivity contribution >= 4 is 11.9 Å². The van der Waals surface area contributed by atoms with Crippen LogP contribution in [0, 0.1) is 0 Å². The molecule has 4 aromatic heterocycles. The predicted molar refractivity (Wildman–Crippen MR) is 132 cm³/mol. The molecule has 182 valence electrons. The molecular formula is C28H28N4O4+2. The molecule has 0 unspecified atom stereocenters. The molecule has 8 heteroatoms. The monoisotopic (exact) mass is 484 g/mol. The van der Waals surface area contributed by atoms with Gasteiger partial charge in [-0.25, -0.2) is 9.13 Å². The number of carboxylic acids is 2. The summed E-state index contributed by atoms with van der Waals surface area (Å²) in [6.07, 6.45) is 12.9. The van der Waals surface area contributed by atoms with Crippen LogP contribution in [0.4, 0.5) is 0 Å². The van der Waals surface area contributed by atoms with Crippen LogP contribution in [-0.2, 0) is 22.7 Å².